The largest absolute Gasteiger partial charge is 0.481 e. The molecule has 122 valence electrons. The Morgan fingerprint density at radius 1 is 1.23 bits per heavy atom. The molecule has 1 unspecified atom stereocenters. The Morgan fingerprint density at radius 3 is 2.27 bits per heavy atom. The lowest BCUT2D eigenvalue weighted by Gasteiger charge is -2.22. The first-order chi connectivity index (χ1) is 10.3. The number of sulfonamides is 1. The van der Waals surface area contributed by atoms with Gasteiger partial charge < -0.3 is 9.64 Å². The third kappa shape index (κ3) is 3.91. The van der Waals surface area contributed by atoms with Crippen molar-refractivity contribution in [2.75, 3.05) is 30.7 Å². The summed E-state index contributed by atoms with van der Waals surface area (Å²) < 4.78 is 29.8. The third-order valence-corrected chi connectivity index (χ3v) is 4.98. The molecule has 0 N–H and O–H groups in total. The summed E-state index contributed by atoms with van der Waals surface area (Å²) in [6.45, 7) is 3.33. The van der Waals surface area contributed by atoms with E-state index in [0.29, 0.717) is 11.4 Å². The molecule has 1 aromatic carbocycles. The molecule has 2 rings (SSSR count). The topological polar surface area (TPSA) is 66.9 Å². The predicted molar refractivity (Wildman–Crippen MR) is 85.6 cm³/mol. The molecule has 1 aliphatic rings. The van der Waals surface area contributed by atoms with E-state index in [2.05, 4.69) is 0 Å². The van der Waals surface area contributed by atoms with Crippen LogP contribution in [0.15, 0.2) is 24.3 Å². The number of amides is 1. The van der Waals surface area contributed by atoms with Gasteiger partial charge >= 0.3 is 0 Å². The van der Waals surface area contributed by atoms with Crippen molar-refractivity contribution >= 4 is 21.6 Å². The molecule has 0 saturated carbocycles. The number of carbonyl (C=O) groups excluding carboxylic acids is 1. The molecule has 1 atom stereocenters. The van der Waals surface area contributed by atoms with Crippen LogP contribution in [0.3, 0.4) is 0 Å². The SMILES string of the molecule is CC(Oc1ccc(N(C)S(C)(=O)=O)cc1)C(=O)N1CCCC1. The van der Waals surface area contributed by atoms with Crippen LogP contribution in [-0.4, -0.2) is 51.7 Å². The molecule has 22 heavy (non-hydrogen) atoms. The van der Waals surface area contributed by atoms with Gasteiger partial charge in [-0.15, -0.1) is 0 Å². The average Bonchev–Trinajstić information content (AvgIpc) is 2.99. The van der Waals surface area contributed by atoms with Gasteiger partial charge in [0.2, 0.25) is 10.0 Å². The minimum atomic E-state index is -3.28. The lowest BCUT2D eigenvalue weighted by Crippen LogP contribution is -2.38. The molecule has 6 nitrogen and oxygen atoms in total. The summed E-state index contributed by atoms with van der Waals surface area (Å²) in [4.78, 5) is 14.0. The molecule has 0 bridgehead atoms. The van der Waals surface area contributed by atoms with Crippen molar-refractivity contribution in [3.05, 3.63) is 24.3 Å². The number of ether oxygens (including phenoxy) is 1. The molecule has 1 aromatic rings. The van der Waals surface area contributed by atoms with Gasteiger partial charge in [-0.25, -0.2) is 8.42 Å². The first kappa shape index (κ1) is 16.6. The van der Waals surface area contributed by atoms with Crippen LogP contribution in [0.2, 0.25) is 0 Å². The normalized spacial score (nSPS) is 16.4. The molecule has 7 heteroatoms. The smallest absolute Gasteiger partial charge is 0.263 e. The molecular formula is C15H22N2O4S. The van der Waals surface area contributed by atoms with E-state index in [4.69, 9.17) is 4.74 Å². The standard InChI is InChI=1S/C15H22N2O4S/c1-12(15(18)17-10-4-5-11-17)21-14-8-6-13(7-9-14)16(2)22(3,19)20/h6-9,12H,4-5,10-11H2,1-3H3. The highest BCUT2D eigenvalue weighted by molar-refractivity contribution is 7.92. The molecule has 1 amide bonds. The second-order valence-corrected chi connectivity index (χ2v) is 7.53. The summed E-state index contributed by atoms with van der Waals surface area (Å²) in [5.74, 6) is 0.542. The van der Waals surface area contributed by atoms with Crippen molar-refractivity contribution < 1.29 is 17.9 Å². The van der Waals surface area contributed by atoms with Crippen LogP contribution >= 0.6 is 0 Å². The van der Waals surface area contributed by atoms with Crippen LogP contribution in [0, 0.1) is 0 Å². The fraction of sp³-hybridized carbons (Fsp3) is 0.533. The monoisotopic (exact) mass is 326 g/mol. The summed E-state index contributed by atoms with van der Waals surface area (Å²) in [6.07, 6.45) is 2.70. The highest BCUT2D eigenvalue weighted by Gasteiger charge is 2.24. The molecule has 1 aliphatic heterocycles. The molecule has 0 aliphatic carbocycles. The Balaban J connectivity index is 2.00. The highest BCUT2D eigenvalue weighted by atomic mass is 32.2. The molecule has 1 saturated heterocycles. The van der Waals surface area contributed by atoms with Crippen molar-refractivity contribution in [3.63, 3.8) is 0 Å². The zero-order valence-corrected chi connectivity index (χ0v) is 14.0. The Bertz CT molecular complexity index is 621. The zero-order chi connectivity index (χ0) is 16.3. The molecule has 0 spiro atoms. The van der Waals surface area contributed by atoms with Gasteiger partial charge in [0.05, 0.1) is 11.9 Å². The van der Waals surface area contributed by atoms with E-state index in [1.54, 1.807) is 31.2 Å². The molecule has 0 aromatic heterocycles. The number of carbonyl (C=O) groups is 1. The number of hydrogen-bond donors (Lipinski definition) is 0. The van der Waals surface area contributed by atoms with E-state index in [9.17, 15) is 13.2 Å². The van der Waals surface area contributed by atoms with Crippen LogP contribution in [0.4, 0.5) is 5.69 Å². The van der Waals surface area contributed by atoms with E-state index < -0.39 is 16.1 Å². The Morgan fingerprint density at radius 2 is 1.77 bits per heavy atom. The Hall–Kier alpha value is -1.76. The zero-order valence-electron chi connectivity index (χ0n) is 13.2. The van der Waals surface area contributed by atoms with Gasteiger partial charge in [-0.2, -0.15) is 0 Å². The number of anilines is 1. The summed E-state index contributed by atoms with van der Waals surface area (Å²) in [5.41, 5.74) is 0.549. The van der Waals surface area contributed by atoms with E-state index in [0.717, 1.165) is 32.2 Å². The fourth-order valence-corrected chi connectivity index (χ4v) is 2.88. The second kappa shape index (κ2) is 6.56. The Kier molecular flexibility index (Phi) is 4.95. The summed E-state index contributed by atoms with van der Waals surface area (Å²) in [5, 5.41) is 0. The minimum Gasteiger partial charge on any atom is -0.481 e. The van der Waals surface area contributed by atoms with Crippen molar-refractivity contribution in [3.8, 4) is 5.75 Å². The van der Waals surface area contributed by atoms with Crippen LogP contribution < -0.4 is 9.04 Å². The maximum atomic E-state index is 12.2. The van der Waals surface area contributed by atoms with E-state index in [1.165, 1.54) is 11.4 Å². The number of likely N-dealkylation sites (tertiary alicyclic amines) is 1. The average molecular weight is 326 g/mol. The van der Waals surface area contributed by atoms with E-state index >= 15 is 0 Å². The molecule has 0 radical (unpaired) electrons. The lowest BCUT2D eigenvalue weighted by molar-refractivity contribution is -0.136. The summed E-state index contributed by atoms with van der Waals surface area (Å²) >= 11 is 0. The van der Waals surface area contributed by atoms with Gasteiger partial charge in [0.15, 0.2) is 6.10 Å². The van der Waals surface area contributed by atoms with Crippen molar-refractivity contribution in [2.24, 2.45) is 0 Å². The highest BCUT2D eigenvalue weighted by Crippen LogP contribution is 2.21. The van der Waals surface area contributed by atoms with Crippen molar-refractivity contribution in [2.45, 2.75) is 25.9 Å². The van der Waals surface area contributed by atoms with Crippen LogP contribution in [0.5, 0.6) is 5.75 Å². The van der Waals surface area contributed by atoms with Crippen molar-refractivity contribution in [1.29, 1.82) is 0 Å². The van der Waals surface area contributed by atoms with E-state index in [1.807, 2.05) is 4.90 Å². The van der Waals surface area contributed by atoms with Gasteiger partial charge in [-0.3, -0.25) is 9.10 Å². The molecule has 1 fully saturated rings. The number of rotatable bonds is 5. The fourth-order valence-electron chi connectivity index (χ4n) is 2.38. The van der Waals surface area contributed by atoms with Crippen LogP contribution in [0.1, 0.15) is 19.8 Å². The number of hydrogen-bond acceptors (Lipinski definition) is 4. The number of nitrogens with zero attached hydrogens (tertiary/aromatic N) is 2. The Labute approximate surface area is 131 Å². The second-order valence-electron chi connectivity index (χ2n) is 5.52. The molecule has 1 heterocycles. The van der Waals surface area contributed by atoms with E-state index in [-0.39, 0.29) is 5.91 Å². The van der Waals surface area contributed by atoms with Crippen LogP contribution in [0.25, 0.3) is 0 Å². The summed E-state index contributed by atoms with van der Waals surface area (Å²) in [6, 6.07) is 6.66. The first-order valence-corrected chi connectivity index (χ1v) is 9.13. The van der Waals surface area contributed by atoms with Gasteiger partial charge in [0.25, 0.3) is 5.91 Å². The minimum absolute atomic E-state index is 0.00479. The van der Waals surface area contributed by atoms with Crippen molar-refractivity contribution in [1.82, 2.24) is 4.90 Å². The first-order valence-electron chi connectivity index (χ1n) is 7.28. The van der Waals surface area contributed by atoms with Gasteiger partial charge in [0.1, 0.15) is 5.75 Å². The summed E-state index contributed by atoms with van der Waals surface area (Å²) in [7, 11) is -1.79. The van der Waals surface area contributed by atoms with Gasteiger partial charge in [-0.05, 0) is 44.0 Å². The van der Waals surface area contributed by atoms with Gasteiger partial charge in [0, 0.05) is 20.1 Å². The quantitative estimate of drug-likeness (QED) is 0.822. The molecular weight excluding hydrogens is 304 g/mol. The lowest BCUT2D eigenvalue weighted by atomic mass is 10.3. The van der Waals surface area contributed by atoms with Crippen LogP contribution in [-0.2, 0) is 14.8 Å². The maximum absolute atomic E-state index is 12.2. The maximum Gasteiger partial charge on any atom is 0.263 e. The third-order valence-electron chi connectivity index (χ3n) is 3.78. The number of benzene rings is 1. The van der Waals surface area contributed by atoms with Gasteiger partial charge in [-0.1, -0.05) is 0 Å². The predicted octanol–water partition coefficient (Wildman–Crippen LogP) is 1.47.